The van der Waals surface area contributed by atoms with Crippen molar-refractivity contribution >= 4 is 23.5 Å². The molecule has 0 unspecified atom stereocenters. The van der Waals surface area contributed by atoms with Gasteiger partial charge in [0.2, 0.25) is 5.78 Å². The summed E-state index contributed by atoms with van der Waals surface area (Å²) >= 11 is 0. The number of aliphatic carboxylic acids is 1. The smallest absolute Gasteiger partial charge is 0.481 e. The minimum atomic E-state index is -1.73. The predicted octanol–water partition coefficient (Wildman–Crippen LogP) is -1.02. The summed E-state index contributed by atoms with van der Waals surface area (Å²) in [7, 11) is 0. The van der Waals surface area contributed by atoms with Gasteiger partial charge in [-0.15, -0.1) is 0 Å². The number of esters is 1. The molecule has 0 aromatic rings. The molecule has 4 aliphatic rings. The zero-order valence-electron chi connectivity index (χ0n) is 20.1. The second-order valence-corrected chi connectivity index (χ2v) is 10.6. The van der Waals surface area contributed by atoms with Gasteiger partial charge in [-0.3, -0.25) is 19.2 Å². The number of carboxylic acid groups (broad SMARTS) is 1. The van der Waals surface area contributed by atoms with E-state index in [9.17, 15) is 29.4 Å². The largest absolute Gasteiger partial charge is 1.00 e. The number of carboxylic acids is 1. The van der Waals surface area contributed by atoms with E-state index in [4.69, 9.17) is 9.84 Å². The van der Waals surface area contributed by atoms with Gasteiger partial charge in [-0.1, -0.05) is 25.5 Å². The second kappa shape index (κ2) is 9.62. The summed E-state index contributed by atoms with van der Waals surface area (Å²) in [4.78, 5) is 47.4. The number of aliphatic hydroxyl groups excluding tert-OH is 1. The molecule has 180 valence electrons. The van der Waals surface area contributed by atoms with Gasteiger partial charge in [0, 0.05) is 16.7 Å². The third kappa shape index (κ3) is 4.26. The van der Waals surface area contributed by atoms with Crippen molar-refractivity contribution < 1.29 is 68.8 Å². The molecule has 7 atom stereocenters. The Hall–Kier alpha value is -1.32. The van der Waals surface area contributed by atoms with Crippen molar-refractivity contribution in [3.05, 3.63) is 23.8 Å². The molecule has 3 saturated carbocycles. The topological polar surface area (TPSA) is 138 Å². The van der Waals surface area contributed by atoms with Crippen LogP contribution in [0.15, 0.2) is 23.8 Å². The van der Waals surface area contributed by atoms with E-state index >= 15 is 0 Å². The minimum Gasteiger partial charge on any atom is -0.481 e. The van der Waals surface area contributed by atoms with Crippen molar-refractivity contribution in [3.63, 3.8) is 0 Å². The Labute approximate surface area is 221 Å². The van der Waals surface area contributed by atoms with Crippen LogP contribution in [0.1, 0.15) is 58.8 Å². The maximum Gasteiger partial charge on any atom is 1.00 e. The number of hydrogen-bond donors (Lipinski definition) is 3. The molecular formula is C25H32NaO8+. The van der Waals surface area contributed by atoms with E-state index < -0.39 is 46.9 Å². The summed E-state index contributed by atoms with van der Waals surface area (Å²) in [6.45, 7) is 3.30. The molecular weight excluding hydrogens is 451 g/mol. The summed E-state index contributed by atoms with van der Waals surface area (Å²) in [6.07, 6.45) is 6.27. The molecule has 3 fully saturated rings. The molecule has 0 aliphatic heterocycles. The van der Waals surface area contributed by atoms with Crippen LogP contribution >= 0.6 is 0 Å². The normalized spacial score (nSPS) is 40.2. The number of ether oxygens (including phenoxy) is 1. The van der Waals surface area contributed by atoms with E-state index in [1.165, 1.54) is 0 Å². The average molecular weight is 484 g/mol. The maximum atomic E-state index is 13.1. The Bertz CT molecular complexity index is 957. The first-order valence-electron chi connectivity index (χ1n) is 11.7. The Morgan fingerprint density at radius 2 is 1.88 bits per heavy atom. The number of carbonyl (C=O) groups excluding carboxylic acids is 3. The van der Waals surface area contributed by atoms with Crippen molar-refractivity contribution in [2.24, 2.45) is 28.6 Å². The molecule has 9 heteroatoms. The molecule has 8 nitrogen and oxygen atoms in total. The van der Waals surface area contributed by atoms with Crippen LogP contribution in [-0.2, 0) is 23.9 Å². The van der Waals surface area contributed by atoms with Crippen molar-refractivity contribution in [1.29, 1.82) is 0 Å². The fraction of sp³-hybridized carbons (Fsp3) is 0.680. The predicted molar refractivity (Wildman–Crippen MR) is 116 cm³/mol. The van der Waals surface area contributed by atoms with Gasteiger partial charge in [0.25, 0.3) is 0 Å². The van der Waals surface area contributed by atoms with Crippen LogP contribution in [0, 0.1) is 28.6 Å². The molecule has 0 aromatic heterocycles. The second-order valence-electron chi connectivity index (χ2n) is 10.6. The molecule has 0 heterocycles. The van der Waals surface area contributed by atoms with Crippen molar-refractivity contribution in [1.82, 2.24) is 0 Å². The van der Waals surface area contributed by atoms with Gasteiger partial charge in [0.05, 0.1) is 18.9 Å². The minimum absolute atomic E-state index is 0. The number of carbonyl (C=O) groups is 4. The molecule has 0 saturated heterocycles. The van der Waals surface area contributed by atoms with Crippen molar-refractivity contribution in [2.45, 2.75) is 70.5 Å². The summed E-state index contributed by atoms with van der Waals surface area (Å²) < 4.78 is 4.96. The van der Waals surface area contributed by atoms with Gasteiger partial charge < -0.3 is 20.1 Å². The molecule has 34 heavy (non-hydrogen) atoms. The third-order valence-corrected chi connectivity index (χ3v) is 9.02. The number of rotatable bonds is 6. The fourth-order valence-corrected chi connectivity index (χ4v) is 7.34. The van der Waals surface area contributed by atoms with Gasteiger partial charge >= 0.3 is 41.5 Å². The Morgan fingerprint density at radius 3 is 2.56 bits per heavy atom. The van der Waals surface area contributed by atoms with Gasteiger partial charge in [-0.25, -0.2) is 0 Å². The summed E-state index contributed by atoms with van der Waals surface area (Å²) in [5, 5.41) is 31.6. The number of ketones is 2. The number of aliphatic hydroxyl groups is 2. The molecule has 3 N–H and O–H groups in total. The third-order valence-electron chi connectivity index (χ3n) is 9.02. The average Bonchev–Trinajstić information content (AvgIpc) is 3.02. The Morgan fingerprint density at radius 1 is 1.18 bits per heavy atom. The molecule has 0 spiro atoms. The first-order chi connectivity index (χ1) is 15.4. The van der Waals surface area contributed by atoms with Crippen LogP contribution in [0.4, 0.5) is 0 Å². The summed E-state index contributed by atoms with van der Waals surface area (Å²) in [5.41, 5.74) is -1.99. The standard InChI is InChI=1S/C25H32O8.Na/c1-23-9-7-15(26)11-14(23)3-4-16-17-8-10-25(32,24(17,2)12-18(27)22(16)23)19(28)13-33-21(31)6-5-20(29)30;/h7,9,11,16-18,22,27,32H,3-6,8,10,12-13H2,1-2H3,(H,29,30);/q;+1/t16-,17-,18-,22+,23-,24-,25-;/m0./s1. The summed E-state index contributed by atoms with van der Waals surface area (Å²) in [5.74, 6) is -2.58. The Balaban J connectivity index is 0.00000324. The van der Waals surface area contributed by atoms with E-state index in [0.29, 0.717) is 6.42 Å². The number of fused-ring (bicyclic) bond motifs is 5. The van der Waals surface area contributed by atoms with Crippen molar-refractivity contribution in [3.8, 4) is 0 Å². The first kappa shape index (κ1) is 27.3. The number of Topliss-reactive ketones (excluding diaryl/α,β-unsaturated/α-hetero) is 1. The van der Waals surface area contributed by atoms with Crippen LogP contribution in [0.3, 0.4) is 0 Å². The first-order valence-corrected chi connectivity index (χ1v) is 11.7. The van der Waals surface area contributed by atoms with Gasteiger partial charge in [-0.2, -0.15) is 0 Å². The Kier molecular flexibility index (Phi) is 7.71. The van der Waals surface area contributed by atoms with E-state index in [-0.39, 0.29) is 78.8 Å². The van der Waals surface area contributed by atoms with Crippen LogP contribution < -0.4 is 29.6 Å². The number of allylic oxidation sites excluding steroid dienone is 4. The molecule has 4 aliphatic carbocycles. The van der Waals surface area contributed by atoms with Gasteiger partial charge in [-0.05, 0) is 56.1 Å². The molecule has 0 bridgehead atoms. The van der Waals surface area contributed by atoms with Crippen LogP contribution in [0.2, 0.25) is 0 Å². The van der Waals surface area contributed by atoms with Crippen molar-refractivity contribution in [2.75, 3.05) is 6.61 Å². The van der Waals surface area contributed by atoms with E-state index in [2.05, 4.69) is 6.92 Å². The van der Waals surface area contributed by atoms with Crippen LogP contribution in [0.25, 0.3) is 0 Å². The molecule has 0 aromatic carbocycles. The molecule has 0 amide bonds. The van der Waals surface area contributed by atoms with E-state index in [1.54, 1.807) is 12.2 Å². The van der Waals surface area contributed by atoms with Crippen LogP contribution in [-0.4, -0.2) is 57.1 Å². The molecule has 0 radical (unpaired) electrons. The monoisotopic (exact) mass is 483 g/mol. The maximum absolute atomic E-state index is 13.1. The van der Waals surface area contributed by atoms with Gasteiger partial charge in [0.1, 0.15) is 5.60 Å². The number of hydrogen-bond acceptors (Lipinski definition) is 7. The van der Waals surface area contributed by atoms with E-state index in [1.807, 2.05) is 13.0 Å². The van der Waals surface area contributed by atoms with E-state index in [0.717, 1.165) is 18.4 Å². The van der Waals surface area contributed by atoms with Crippen LogP contribution in [0.5, 0.6) is 0 Å². The quantitative estimate of drug-likeness (QED) is 0.322. The van der Waals surface area contributed by atoms with Gasteiger partial charge in [0.15, 0.2) is 12.4 Å². The zero-order chi connectivity index (χ0) is 24.2. The SMILES string of the molecule is C[C@]12C=CC(=O)C=C1CC[C@@H]1[C@@H]2[C@@H](O)C[C@@]2(C)[C@H]1CC[C@]2(O)C(=O)COC(=O)CCC(=O)O.[Na+]. The molecule has 4 rings (SSSR count). The zero-order valence-corrected chi connectivity index (χ0v) is 22.1. The summed E-state index contributed by atoms with van der Waals surface area (Å²) in [6, 6.07) is 0. The fourth-order valence-electron chi connectivity index (χ4n) is 7.34.